The number of halogens is 3. The number of hydrogen-bond donors (Lipinski definition) is 1. The zero-order valence-corrected chi connectivity index (χ0v) is 24.2. The third kappa shape index (κ3) is 5.64. The monoisotopic (exact) mass is 622 g/mol. The molecule has 3 heterocycles. The molecule has 0 spiro atoms. The molecular weight excluding hydrogens is 595 g/mol. The highest BCUT2D eigenvalue weighted by atomic mass is 79.9. The van der Waals surface area contributed by atoms with E-state index in [2.05, 4.69) is 50.0 Å². The minimum absolute atomic E-state index is 0.105. The first kappa shape index (κ1) is 27.2. The maximum Gasteiger partial charge on any atom is 0.309 e. The van der Waals surface area contributed by atoms with Crippen LogP contribution in [0.1, 0.15) is 54.5 Å². The van der Waals surface area contributed by atoms with Gasteiger partial charge in [0.05, 0.1) is 33.3 Å². The first-order valence-electron chi connectivity index (χ1n) is 12.6. The van der Waals surface area contributed by atoms with E-state index in [1.54, 1.807) is 0 Å². The molecule has 38 heavy (non-hydrogen) atoms. The summed E-state index contributed by atoms with van der Waals surface area (Å²) in [5.74, 6) is -0.403. The van der Waals surface area contributed by atoms with Crippen LogP contribution < -0.4 is 0 Å². The Bertz CT molecular complexity index is 1300. The standard InChI is InChI=1S/C26H29BrCl2N6O3/c1-15-10-33(25(36)23-21(27)22(28)24(29)30-23)11-16(2)34(15)12-19-13-35(32-31-19)20-8-18(9-20)26(37)38-14-17-6-4-3-5-7-17/h3-7,13,15-16,18,20,30H,8-12,14H2,1-2H3/t15-,16+,18?,20?. The lowest BCUT2D eigenvalue weighted by Gasteiger charge is -2.44. The lowest BCUT2D eigenvalue weighted by molar-refractivity contribution is -0.154. The van der Waals surface area contributed by atoms with E-state index in [-0.39, 0.29) is 41.1 Å². The molecule has 1 aromatic carbocycles. The van der Waals surface area contributed by atoms with Crippen molar-refractivity contribution in [1.29, 1.82) is 0 Å². The number of nitrogens with zero attached hydrogens (tertiary/aromatic N) is 5. The number of H-pyrrole nitrogens is 1. The van der Waals surface area contributed by atoms with Gasteiger partial charge in [-0.05, 0) is 48.2 Å². The SMILES string of the molecule is C[C@@H]1CN(C(=O)c2[nH]c(Cl)c(Cl)c2Br)C[C@H](C)N1Cc1cn(C2CC(C(=O)OCc3ccccc3)C2)nn1. The Morgan fingerprint density at radius 1 is 1.13 bits per heavy atom. The number of benzene rings is 1. The van der Waals surface area contributed by atoms with E-state index >= 15 is 0 Å². The number of nitrogens with one attached hydrogen (secondary N) is 1. The summed E-state index contributed by atoms with van der Waals surface area (Å²) < 4.78 is 7.82. The fourth-order valence-electron chi connectivity index (χ4n) is 5.16. The number of ether oxygens (including phenoxy) is 1. The Morgan fingerprint density at radius 3 is 2.45 bits per heavy atom. The highest BCUT2D eigenvalue weighted by Gasteiger charge is 2.38. The third-order valence-electron chi connectivity index (χ3n) is 7.39. The van der Waals surface area contributed by atoms with Crippen LogP contribution >= 0.6 is 39.1 Å². The molecule has 1 N–H and O–H groups in total. The lowest BCUT2D eigenvalue weighted by atomic mass is 9.80. The molecule has 2 aromatic heterocycles. The van der Waals surface area contributed by atoms with Crippen molar-refractivity contribution in [1.82, 2.24) is 29.8 Å². The van der Waals surface area contributed by atoms with Crippen LogP contribution in [0.2, 0.25) is 10.2 Å². The number of piperazine rings is 1. The van der Waals surface area contributed by atoms with Gasteiger partial charge in [-0.2, -0.15) is 0 Å². The van der Waals surface area contributed by atoms with Crippen molar-refractivity contribution in [3.05, 3.63) is 68.1 Å². The maximum atomic E-state index is 13.1. The summed E-state index contributed by atoms with van der Waals surface area (Å²) in [4.78, 5) is 32.5. The normalized spacial score (nSPS) is 23.8. The first-order chi connectivity index (χ1) is 18.2. The molecule has 12 heteroatoms. The Morgan fingerprint density at radius 2 is 1.82 bits per heavy atom. The summed E-state index contributed by atoms with van der Waals surface area (Å²) in [6.07, 6.45) is 3.37. The Balaban J connectivity index is 1.12. The highest BCUT2D eigenvalue weighted by molar-refractivity contribution is 9.10. The topological polar surface area (TPSA) is 96.4 Å². The zero-order valence-electron chi connectivity index (χ0n) is 21.1. The second-order valence-electron chi connectivity index (χ2n) is 10.1. The smallest absolute Gasteiger partial charge is 0.309 e. The summed E-state index contributed by atoms with van der Waals surface area (Å²) in [7, 11) is 0. The largest absolute Gasteiger partial charge is 0.461 e. The molecule has 0 unspecified atom stereocenters. The van der Waals surface area contributed by atoms with Gasteiger partial charge in [-0.3, -0.25) is 14.5 Å². The minimum Gasteiger partial charge on any atom is -0.461 e. The minimum atomic E-state index is -0.156. The van der Waals surface area contributed by atoms with Gasteiger partial charge in [0.1, 0.15) is 17.5 Å². The molecule has 3 aromatic rings. The molecule has 0 radical (unpaired) electrons. The molecule has 202 valence electrons. The Kier molecular flexibility index (Phi) is 8.14. The van der Waals surface area contributed by atoms with E-state index in [4.69, 9.17) is 27.9 Å². The van der Waals surface area contributed by atoms with Gasteiger partial charge < -0.3 is 14.6 Å². The fourth-order valence-corrected chi connectivity index (χ4v) is 6.07. The van der Waals surface area contributed by atoms with Gasteiger partial charge >= 0.3 is 5.97 Å². The number of aromatic amines is 1. The number of carbonyl (C=O) groups excluding carboxylic acids is 2. The molecule has 1 saturated carbocycles. The second-order valence-corrected chi connectivity index (χ2v) is 11.7. The molecule has 2 aliphatic rings. The van der Waals surface area contributed by atoms with E-state index in [0.717, 1.165) is 11.3 Å². The van der Waals surface area contributed by atoms with Crippen molar-refractivity contribution < 1.29 is 14.3 Å². The number of amides is 1. The van der Waals surface area contributed by atoms with Gasteiger partial charge in [0.15, 0.2) is 0 Å². The molecule has 1 saturated heterocycles. The average Bonchev–Trinajstić information content (AvgIpc) is 3.44. The van der Waals surface area contributed by atoms with Crippen molar-refractivity contribution in [3.8, 4) is 0 Å². The van der Waals surface area contributed by atoms with E-state index in [0.29, 0.717) is 54.3 Å². The highest BCUT2D eigenvalue weighted by Crippen LogP contribution is 2.38. The zero-order chi connectivity index (χ0) is 27.0. The van der Waals surface area contributed by atoms with E-state index in [1.165, 1.54) is 0 Å². The number of esters is 1. The third-order valence-corrected chi connectivity index (χ3v) is 9.17. The average molecular weight is 624 g/mol. The van der Waals surface area contributed by atoms with Gasteiger partial charge in [0.25, 0.3) is 5.91 Å². The van der Waals surface area contributed by atoms with Crippen LogP contribution in [0.25, 0.3) is 0 Å². The van der Waals surface area contributed by atoms with Crippen molar-refractivity contribution in [3.63, 3.8) is 0 Å². The Labute approximate surface area is 239 Å². The van der Waals surface area contributed by atoms with Crippen LogP contribution in [0.4, 0.5) is 0 Å². The number of carbonyl (C=O) groups is 2. The quantitative estimate of drug-likeness (QED) is 0.368. The summed E-state index contributed by atoms with van der Waals surface area (Å²) in [5, 5.41) is 9.27. The molecule has 1 aliphatic carbocycles. The molecule has 0 bridgehead atoms. The van der Waals surface area contributed by atoms with Gasteiger partial charge in [-0.15, -0.1) is 5.10 Å². The van der Waals surface area contributed by atoms with Crippen molar-refractivity contribution in [2.45, 2.75) is 58.0 Å². The van der Waals surface area contributed by atoms with Gasteiger partial charge in [0.2, 0.25) is 0 Å². The van der Waals surface area contributed by atoms with E-state index < -0.39 is 0 Å². The maximum absolute atomic E-state index is 13.1. The number of hydrogen-bond acceptors (Lipinski definition) is 6. The predicted octanol–water partition coefficient (Wildman–Crippen LogP) is 5.11. The molecule has 2 fully saturated rings. The van der Waals surface area contributed by atoms with Crippen LogP contribution in [-0.4, -0.2) is 66.8 Å². The van der Waals surface area contributed by atoms with Gasteiger partial charge in [-0.25, -0.2) is 4.68 Å². The van der Waals surface area contributed by atoms with Crippen molar-refractivity contribution in [2.75, 3.05) is 13.1 Å². The van der Waals surface area contributed by atoms with Crippen molar-refractivity contribution >= 4 is 51.0 Å². The van der Waals surface area contributed by atoms with Crippen molar-refractivity contribution in [2.24, 2.45) is 5.92 Å². The molecule has 1 amide bonds. The number of aromatic nitrogens is 4. The van der Waals surface area contributed by atoms with E-state index in [1.807, 2.05) is 46.1 Å². The molecule has 1 aliphatic heterocycles. The Hall–Kier alpha value is -2.40. The van der Waals surface area contributed by atoms with Crippen LogP contribution in [0, 0.1) is 5.92 Å². The summed E-state index contributed by atoms with van der Waals surface area (Å²) in [5.41, 5.74) is 2.21. The van der Waals surface area contributed by atoms with Gasteiger partial charge in [0, 0.05) is 31.7 Å². The van der Waals surface area contributed by atoms with Crippen LogP contribution in [0.15, 0.2) is 41.0 Å². The van der Waals surface area contributed by atoms with E-state index in [9.17, 15) is 9.59 Å². The summed E-state index contributed by atoms with van der Waals surface area (Å²) in [6.45, 7) is 6.25. The summed E-state index contributed by atoms with van der Waals surface area (Å²) >= 11 is 15.5. The van der Waals surface area contributed by atoms with Crippen LogP contribution in [0.5, 0.6) is 0 Å². The second kappa shape index (κ2) is 11.4. The molecule has 9 nitrogen and oxygen atoms in total. The number of rotatable bonds is 7. The lowest BCUT2D eigenvalue weighted by Crippen LogP contribution is -2.57. The summed E-state index contributed by atoms with van der Waals surface area (Å²) in [6, 6.07) is 10.1. The van der Waals surface area contributed by atoms with Gasteiger partial charge in [-0.1, -0.05) is 58.7 Å². The molecule has 5 rings (SSSR count). The van der Waals surface area contributed by atoms with Crippen LogP contribution in [-0.2, 0) is 22.7 Å². The fraction of sp³-hybridized carbons (Fsp3) is 0.462. The molecular formula is C26H29BrCl2N6O3. The molecule has 2 atom stereocenters. The predicted molar refractivity (Wildman–Crippen MR) is 147 cm³/mol. The van der Waals surface area contributed by atoms with Crippen LogP contribution in [0.3, 0.4) is 0 Å². The first-order valence-corrected chi connectivity index (χ1v) is 14.1.